The lowest BCUT2D eigenvalue weighted by Gasteiger charge is -2.21. The number of carbonyl (C=O) groups is 1. The number of furan rings is 1. The molecule has 0 aliphatic rings. The summed E-state index contributed by atoms with van der Waals surface area (Å²) in [7, 11) is 1.51. The van der Waals surface area contributed by atoms with Gasteiger partial charge in [0.1, 0.15) is 17.4 Å². The quantitative estimate of drug-likeness (QED) is 0.823. The third kappa shape index (κ3) is 3.88. The normalized spacial score (nSPS) is 10.6. The van der Waals surface area contributed by atoms with Crippen molar-refractivity contribution in [1.82, 2.24) is 4.90 Å². The number of nitrogens with zero attached hydrogens (tertiary/aromatic N) is 1. The Kier molecular flexibility index (Phi) is 5.05. The summed E-state index contributed by atoms with van der Waals surface area (Å²) < 4.78 is 36.8. The molecule has 4 nitrogen and oxygen atoms in total. The Bertz CT molecular complexity index is 599. The number of halogens is 2. The van der Waals surface area contributed by atoms with E-state index in [-0.39, 0.29) is 18.7 Å². The first-order chi connectivity index (χ1) is 10.1. The Balaban J connectivity index is 2.20. The molecule has 1 aromatic carbocycles. The number of benzene rings is 1. The summed E-state index contributed by atoms with van der Waals surface area (Å²) in [5.41, 5.74) is -0.181. The van der Waals surface area contributed by atoms with Gasteiger partial charge >= 0.3 is 0 Å². The Labute approximate surface area is 120 Å². The summed E-state index contributed by atoms with van der Waals surface area (Å²) in [6.45, 7) is 0.758. The topological polar surface area (TPSA) is 42.7 Å². The molecular formula is C15H15F2NO3. The number of methoxy groups -OCH3 is 1. The number of ether oxygens (including phenoxy) is 1. The lowest BCUT2D eigenvalue weighted by Crippen LogP contribution is -2.34. The highest BCUT2D eigenvalue weighted by atomic mass is 19.1. The second-order valence-corrected chi connectivity index (χ2v) is 4.42. The van der Waals surface area contributed by atoms with Crippen molar-refractivity contribution in [2.24, 2.45) is 0 Å². The molecule has 21 heavy (non-hydrogen) atoms. The predicted octanol–water partition coefficient (Wildman–Crippen LogP) is 2.85. The van der Waals surface area contributed by atoms with Gasteiger partial charge in [0.2, 0.25) is 0 Å². The van der Waals surface area contributed by atoms with Gasteiger partial charge < -0.3 is 14.1 Å². The second-order valence-electron chi connectivity index (χ2n) is 4.42. The van der Waals surface area contributed by atoms with Crippen LogP contribution in [0.4, 0.5) is 8.78 Å². The Morgan fingerprint density at radius 3 is 2.76 bits per heavy atom. The second kappa shape index (κ2) is 6.99. The molecule has 1 amide bonds. The molecule has 0 aliphatic carbocycles. The minimum absolute atomic E-state index is 0.181. The van der Waals surface area contributed by atoms with Gasteiger partial charge in [-0.1, -0.05) is 0 Å². The first kappa shape index (κ1) is 15.2. The van der Waals surface area contributed by atoms with Crippen LogP contribution in [0.25, 0.3) is 0 Å². The standard InChI is InChI=1S/C15H15F2NO3/c1-20-8-6-18(10-12-3-2-7-21-12)15(19)13-5-4-11(16)9-14(13)17/h2-5,7,9H,6,8,10H2,1H3. The summed E-state index contributed by atoms with van der Waals surface area (Å²) >= 11 is 0. The highest BCUT2D eigenvalue weighted by Gasteiger charge is 2.20. The van der Waals surface area contributed by atoms with E-state index >= 15 is 0 Å². The number of hydrogen-bond acceptors (Lipinski definition) is 3. The third-order valence-corrected chi connectivity index (χ3v) is 2.94. The minimum Gasteiger partial charge on any atom is -0.467 e. The fraction of sp³-hybridized carbons (Fsp3) is 0.267. The van der Waals surface area contributed by atoms with Gasteiger partial charge in [0.25, 0.3) is 5.91 Å². The van der Waals surface area contributed by atoms with Gasteiger partial charge in [-0.3, -0.25) is 4.79 Å². The van der Waals surface area contributed by atoms with Crippen molar-refractivity contribution in [2.45, 2.75) is 6.54 Å². The molecule has 2 rings (SSSR count). The van der Waals surface area contributed by atoms with Crippen LogP contribution in [0, 0.1) is 11.6 Å². The molecule has 6 heteroatoms. The maximum absolute atomic E-state index is 13.7. The van der Waals surface area contributed by atoms with Gasteiger partial charge in [-0.15, -0.1) is 0 Å². The predicted molar refractivity (Wildman–Crippen MR) is 71.7 cm³/mol. The van der Waals surface area contributed by atoms with Crippen molar-refractivity contribution in [3.05, 3.63) is 59.6 Å². The SMILES string of the molecule is COCCN(Cc1ccco1)C(=O)c1ccc(F)cc1F. The van der Waals surface area contributed by atoms with Gasteiger partial charge in [-0.2, -0.15) is 0 Å². The molecule has 0 aliphatic heterocycles. The van der Waals surface area contributed by atoms with Crippen molar-refractivity contribution in [2.75, 3.05) is 20.3 Å². The average Bonchev–Trinajstić information content (AvgIpc) is 2.95. The maximum atomic E-state index is 13.7. The van der Waals surface area contributed by atoms with E-state index in [0.717, 1.165) is 12.1 Å². The number of amides is 1. The molecule has 0 spiro atoms. The lowest BCUT2D eigenvalue weighted by molar-refractivity contribution is 0.0662. The van der Waals surface area contributed by atoms with Crippen LogP contribution in [-0.2, 0) is 11.3 Å². The molecule has 0 unspecified atom stereocenters. The summed E-state index contributed by atoms with van der Waals surface area (Å²) in [5.74, 6) is -1.58. The Morgan fingerprint density at radius 1 is 1.33 bits per heavy atom. The van der Waals surface area contributed by atoms with Crippen LogP contribution in [0.15, 0.2) is 41.0 Å². The first-order valence-corrected chi connectivity index (χ1v) is 6.37. The van der Waals surface area contributed by atoms with E-state index in [1.807, 2.05) is 0 Å². The Morgan fingerprint density at radius 2 is 2.14 bits per heavy atom. The monoisotopic (exact) mass is 295 g/mol. The molecule has 0 bridgehead atoms. The molecule has 0 saturated heterocycles. The molecule has 0 N–H and O–H groups in total. The zero-order chi connectivity index (χ0) is 15.2. The lowest BCUT2D eigenvalue weighted by atomic mass is 10.1. The molecule has 0 radical (unpaired) electrons. The van der Waals surface area contributed by atoms with E-state index in [0.29, 0.717) is 18.4 Å². The molecular weight excluding hydrogens is 280 g/mol. The molecule has 0 atom stereocenters. The minimum atomic E-state index is -0.887. The van der Waals surface area contributed by atoms with E-state index in [2.05, 4.69) is 0 Å². The van der Waals surface area contributed by atoms with Crippen LogP contribution >= 0.6 is 0 Å². The van der Waals surface area contributed by atoms with E-state index in [1.54, 1.807) is 12.1 Å². The van der Waals surface area contributed by atoms with E-state index < -0.39 is 17.5 Å². The summed E-state index contributed by atoms with van der Waals surface area (Å²) in [5, 5.41) is 0. The molecule has 1 aromatic heterocycles. The van der Waals surface area contributed by atoms with Crippen LogP contribution in [-0.4, -0.2) is 31.1 Å². The van der Waals surface area contributed by atoms with E-state index in [9.17, 15) is 13.6 Å². The van der Waals surface area contributed by atoms with Crippen molar-refractivity contribution >= 4 is 5.91 Å². The molecule has 112 valence electrons. The molecule has 2 aromatic rings. The van der Waals surface area contributed by atoms with E-state index in [4.69, 9.17) is 9.15 Å². The van der Waals surface area contributed by atoms with Crippen LogP contribution in [0.5, 0.6) is 0 Å². The van der Waals surface area contributed by atoms with Crippen LogP contribution < -0.4 is 0 Å². The van der Waals surface area contributed by atoms with Gasteiger partial charge in [-0.05, 0) is 24.3 Å². The largest absolute Gasteiger partial charge is 0.467 e. The number of carbonyl (C=O) groups excluding carboxylic acids is 1. The van der Waals surface area contributed by atoms with Crippen LogP contribution in [0.1, 0.15) is 16.1 Å². The zero-order valence-electron chi connectivity index (χ0n) is 11.5. The fourth-order valence-corrected chi connectivity index (χ4v) is 1.88. The summed E-state index contributed by atoms with van der Waals surface area (Å²) in [6.07, 6.45) is 1.49. The molecule has 1 heterocycles. The van der Waals surface area contributed by atoms with Crippen LogP contribution in [0.2, 0.25) is 0 Å². The number of hydrogen-bond donors (Lipinski definition) is 0. The van der Waals surface area contributed by atoms with Crippen molar-refractivity contribution in [1.29, 1.82) is 0 Å². The highest BCUT2D eigenvalue weighted by Crippen LogP contribution is 2.15. The maximum Gasteiger partial charge on any atom is 0.257 e. The molecule has 0 fully saturated rings. The van der Waals surface area contributed by atoms with Gasteiger partial charge in [0, 0.05) is 19.7 Å². The summed E-state index contributed by atoms with van der Waals surface area (Å²) in [6, 6.07) is 6.29. The number of rotatable bonds is 6. The Hall–Kier alpha value is -2.21. The van der Waals surface area contributed by atoms with Gasteiger partial charge in [-0.25, -0.2) is 8.78 Å². The zero-order valence-corrected chi connectivity index (χ0v) is 11.5. The highest BCUT2D eigenvalue weighted by molar-refractivity contribution is 5.94. The average molecular weight is 295 g/mol. The van der Waals surface area contributed by atoms with Crippen molar-refractivity contribution in [3.8, 4) is 0 Å². The van der Waals surface area contributed by atoms with Crippen molar-refractivity contribution in [3.63, 3.8) is 0 Å². The molecule has 0 saturated carbocycles. The van der Waals surface area contributed by atoms with Gasteiger partial charge in [0.15, 0.2) is 0 Å². The first-order valence-electron chi connectivity index (χ1n) is 6.37. The summed E-state index contributed by atoms with van der Waals surface area (Å²) in [4.78, 5) is 13.8. The van der Waals surface area contributed by atoms with E-state index in [1.165, 1.54) is 18.3 Å². The van der Waals surface area contributed by atoms with Gasteiger partial charge in [0.05, 0.1) is 25.0 Å². The fourth-order valence-electron chi connectivity index (χ4n) is 1.88. The smallest absolute Gasteiger partial charge is 0.257 e. The van der Waals surface area contributed by atoms with Crippen LogP contribution in [0.3, 0.4) is 0 Å². The van der Waals surface area contributed by atoms with Crippen molar-refractivity contribution < 1.29 is 22.7 Å². The third-order valence-electron chi connectivity index (χ3n) is 2.94.